The van der Waals surface area contributed by atoms with E-state index in [0.717, 1.165) is 11.6 Å². The van der Waals surface area contributed by atoms with E-state index in [-0.39, 0.29) is 17.7 Å². The molecule has 0 aliphatic heterocycles. The fraction of sp³-hybridized carbons (Fsp3) is 0.176. The van der Waals surface area contributed by atoms with E-state index < -0.39 is 24.5 Å². The average Bonchev–Trinajstić information content (AvgIpc) is 2.54. The third kappa shape index (κ3) is 5.05. The third-order valence-electron chi connectivity index (χ3n) is 3.21. The van der Waals surface area contributed by atoms with Crippen molar-refractivity contribution in [1.29, 1.82) is 0 Å². The lowest BCUT2D eigenvalue weighted by molar-refractivity contribution is -0.139. The Bertz CT molecular complexity index is 707. The van der Waals surface area contributed by atoms with E-state index in [1.807, 2.05) is 0 Å². The van der Waals surface area contributed by atoms with Gasteiger partial charge in [-0.3, -0.25) is 4.79 Å². The van der Waals surface area contributed by atoms with E-state index in [1.165, 1.54) is 18.2 Å². The molecular weight excluding hydrogens is 320 g/mol. The van der Waals surface area contributed by atoms with Crippen LogP contribution in [0.15, 0.2) is 54.6 Å². The standard InChI is InChI=1S/C17H15F2NO4/c18-17(19)24-13-8-4-7-12(10-13)15(21)20-14(16(22)23)9-11-5-2-1-3-6-11/h1-8,10,14,17H,9H2,(H,20,21)(H,22,23). The van der Waals surface area contributed by atoms with Crippen molar-refractivity contribution in [2.75, 3.05) is 0 Å². The largest absolute Gasteiger partial charge is 0.480 e. The van der Waals surface area contributed by atoms with Crippen LogP contribution in [0, 0.1) is 0 Å². The minimum absolute atomic E-state index is 0.0347. The molecule has 0 saturated carbocycles. The average molecular weight is 335 g/mol. The number of rotatable bonds is 7. The van der Waals surface area contributed by atoms with Crippen LogP contribution in [0.2, 0.25) is 0 Å². The monoisotopic (exact) mass is 335 g/mol. The van der Waals surface area contributed by atoms with Crippen LogP contribution in [0.4, 0.5) is 8.78 Å². The number of benzene rings is 2. The molecule has 1 amide bonds. The summed E-state index contributed by atoms with van der Waals surface area (Å²) < 4.78 is 28.6. The smallest absolute Gasteiger partial charge is 0.387 e. The third-order valence-corrected chi connectivity index (χ3v) is 3.21. The topological polar surface area (TPSA) is 75.6 Å². The number of alkyl halides is 2. The minimum Gasteiger partial charge on any atom is -0.480 e. The van der Waals surface area contributed by atoms with Gasteiger partial charge in [-0.25, -0.2) is 4.79 Å². The number of hydrogen-bond donors (Lipinski definition) is 2. The molecule has 0 bridgehead atoms. The molecule has 0 spiro atoms. The highest BCUT2D eigenvalue weighted by Crippen LogP contribution is 2.16. The first kappa shape index (κ1) is 17.4. The van der Waals surface area contributed by atoms with Gasteiger partial charge < -0.3 is 15.2 Å². The number of carbonyl (C=O) groups excluding carboxylic acids is 1. The van der Waals surface area contributed by atoms with Crippen molar-refractivity contribution in [3.63, 3.8) is 0 Å². The lowest BCUT2D eigenvalue weighted by Crippen LogP contribution is -2.42. The number of carbonyl (C=O) groups is 2. The molecular formula is C17H15F2NO4. The highest BCUT2D eigenvalue weighted by molar-refractivity contribution is 5.96. The normalized spacial score (nSPS) is 11.8. The van der Waals surface area contributed by atoms with Crippen LogP contribution in [0.25, 0.3) is 0 Å². The molecule has 0 aliphatic carbocycles. The molecule has 126 valence electrons. The molecule has 0 aliphatic rings. The highest BCUT2D eigenvalue weighted by atomic mass is 19.3. The quantitative estimate of drug-likeness (QED) is 0.816. The summed E-state index contributed by atoms with van der Waals surface area (Å²) in [5.74, 6) is -2.04. The van der Waals surface area contributed by atoms with Gasteiger partial charge in [0.25, 0.3) is 5.91 Å². The highest BCUT2D eigenvalue weighted by Gasteiger charge is 2.21. The van der Waals surface area contributed by atoms with Gasteiger partial charge in [-0.05, 0) is 23.8 Å². The molecule has 0 aromatic heterocycles. The number of ether oxygens (including phenoxy) is 1. The van der Waals surface area contributed by atoms with E-state index in [2.05, 4.69) is 10.1 Å². The van der Waals surface area contributed by atoms with Crippen molar-refractivity contribution >= 4 is 11.9 Å². The molecule has 0 fully saturated rings. The maximum atomic E-state index is 12.2. The Morgan fingerprint density at radius 3 is 2.42 bits per heavy atom. The minimum atomic E-state index is -3.01. The maximum Gasteiger partial charge on any atom is 0.387 e. The van der Waals surface area contributed by atoms with E-state index in [4.69, 9.17) is 0 Å². The molecule has 24 heavy (non-hydrogen) atoms. The predicted octanol–water partition coefficient (Wildman–Crippen LogP) is 2.71. The lowest BCUT2D eigenvalue weighted by atomic mass is 10.1. The van der Waals surface area contributed by atoms with Gasteiger partial charge in [0.15, 0.2) is 0 Å². The van der Waals surface area contributed by atoms with Crippen LogP contribution >= 0.6 is 0 Å². The fourth-order valence-electron chi connectivity index (χ4n) is 2.10. The van der Waals surface area contributed by atoms with Crippen LogP contribution in [-0.2, 0) is 11.2 Å². The van der Waals surface area contributed by atoms with Crippen molar-refractivity contribution < 1.29 is 28.2 Å². The van der Waals surface area contributed by atoms with Gasteiger partial charge in [0.05, 0.1) is 0 Å². The van der Waals surface area contributed by atoms with E-state index in [9.17, 15) is 23.5 Å². The van der Waals surface area contributed by atoms with Gasteiger partial charge in [0.2, 0.25) is 0 Å². The molecule has 1 atom stereocenters. The van der Waals surface area contributed by atoms with Crippen molar-refractivity contribution in [2.24, 2.45) is 0 Å². The van der Waals surface area contributed by atoms with E-state index in [0.29, 0.717) is 0 Å². The Morgan fingerprint density at radius 2 is 1.79 bits per heavy atom. The fourth-order valence-corrected chi connectivity index (χ4v) is 2.10. The summed E-state index contributed by atoms with van der Waals surface area (Å²) in [6, 6.07) is 12.9. The van der Waals surface area contributed by atoms with Crippen LogP contribution in [-0.4, -0.2) is 29.6 Å². The second-order valence-electron chi connectivity index (χ2n) is 4.96. The zero-order valence-electron chi connectivity index (χ0n) is 12.5. The molecule has 2 aromatic rings. The second kappa shape index (κ2) is 8.05. The summed E-state index contributed by atoms with van der Waals surface area (Å²) in [5, 5.41) is 11.6. The van der Waals surface area contributed by atoms with E-state index in [1.54, 1.807) is 30.3 Å². The number of nitrogens with one attached hydrogen (secondary N) is 1. The van der Waals surface area contributed by atoms with Crippen molar-refractivity contribution in [2.45, 2.75) is 19.1 Å². The first-order chi connectivity index (χ1) is 11.5. The predicted molar refractivity (Wildman–Crippen MR) is 82.1 cm³/mol. The molecule has 2 N–H and O–H groups in total. The van der Waals surface area contributed by atoms with Crippen molar-refractivity contribution in [3.05, 3.63) is 65.7 Å². The van der Waals surface area contributed by atoms with Crippen molar-refractivity contribution in [1.82, 2.24) is 5.32 Å². The summed E-state index contributed by atoms with van der Waals surface area (Å²) in [4.78, 5) is 23.5. The number of amides is 1. The van der Waals surface area contributed by atoms with Gasteiger partial charge >= 0.3 is 12.6 Å². The molecule has 1 unspecified atom stereocenters. The van der Waals surface area contributed by atoms with Gasteiger partial charge in [0, 0.05) is 12.0 Å². The summed E-state index contributed by atoms with van der Waals surface area (Å²) in [6.45, 7) is -3.01. The number of carboxylic acids is 1. The summed E-state index contributed by atoms with van der Waals surface area (Å²) in [7, 11) is 0. The van der Waals surface area contributed by atoms with Gasteiger partial charge in [0.1, 0.15) is 11.8 Å². The number of aliphatic carboxylic acids is 1. The van der Waals surface area contributed by atoms with Gasteiger partial charge in [-0.1, -0.05) is 36.4 Å². The maximum absolute atomic E-state index is 12.2. The lowest BCUT2D eigenvalue weighted by Gasteiger charge is -2.15. The zero-order valence-corrected chi connectivity index (χ0v) is 12.5. The molecule has 5 nitrogen and oxygen atoms in total. The van der Waals surface area contributed by atoms with Crippen LogP contribution < -0.4 is 10.1 Å². The Kier molecular flexibility index (Phi) is 5.83. The Labute approximate surface area is 136 Å². The summed E-state index contributed by atoms with van der Waals surface area (Å²) >= 11 is 0. The van der Waals surface area contributed by atoms with Crippen LogP contribution in [0.3, 0.4) is 0 Å². The molecule has 0 radical (unpaired) electrons. The molecule has 2 aromatic carbocycles. The first-order valence-corrected chi connectivity index (χ1v) is 7.08. The van der Waals surface area contributed by atoms with Crippen LogP contribution in [0.5, 0.6) is 5.75 Å². The SMILES string of the molecule is O=C(NC(Cc1ccccc1)C(=O)O)c1cccc(OC(F)F)c1. The zero-order chi connectivity index (χ0) is 17.5. The van der Waals surface area contributed by atoms with Gasteiger partial charge in [-0.2, -0.15) is 8.78 Å². The van der Waals surface area contributed by atoms with Crippen LogP contribution in [0.1, 0.15) is 15.9 Å². The Hall–Kier alpha value is -2.96. The second-order valence-corrected chi connectivity index (χ2v) is 4.96. The molecule has 2 rings (SSSR count). The molecule has 0 heterocycles. The number of halogens is 2. The number of carboxylic acid groups (broad SMARTS) is 1. The van der Waals surface area contributed by atoms with Gasteiger partial charge in [-0.15, -0.1) is 0 Å². The molecule has 0 saturated heterocycles. The molecule has 7 heteroatoms. The summed E-state index contributed by atoms with van der Waals surface area (Å²) in [5.41, 5.74) is 0.785. The Balaban J connectivity index is 2.09. The first-order valence-electron chi connectivity index (χ1n) is 7.08. The van der Waals surface area contributed by atoms with E-state index >= 15 is 0 Å². The number of hydrogen-bond acceptors (Lipinski definition) is 3. The van der Waals surface area contributed by atoms with Crippen molar-refractivity contribution in [3.8, 4) is 5.75 Å². The Morgan fingerprint density at radius 1 is 1.08 bits per heavy atom. The summed E-state index contributed by atoms with van der Waals surface area (Å²) in [6.07, 6.45) is 0.106.